The molecule has 0 aromatic heterocycles. The van der Waals surface area contributed by atoms with Gasteiger partial charge in [0, 0.05) is 0 Å². The number of hydrogen-bond acceptors (Lipinski definition) is 9. The van der Waals surface area contributed by atoms with Crippen molar-refractivity contribution in [3.8, 4) is 0 Å². The molecule has 0 radical (unpaired) electrons. The van der Waals surface area contributed by atoms with Crippen molar-refractivity contribution >= 4 is 34.1 Å². The Hall–Kier alpha value is -1.07. The lowest BCUT2D eigenvalue weighted by atomic mass is 9.86. The predicted octanol–water partition coefficient (Wildman–Crippen LogP) is -0.296. The molecule has 9 heteroatoms. The van der Waals surface area contributed by atoms with Gasteiger partial charge in [0.15, 0.2) is 5.60 Å². The fourth-order valence-corrected chi connectivity index (χ4v) is 3.22. The third kappa shape index (κ3) is 3.47. The van der Waals surface area contributed by atoms with Crippen LogP contribution in [0, 0.1) is 0 Å². The average Bonchev–Trinajstić information content (AvgIpc) is 2.61. The third-order valence-electron chi connectivity index (χ3n) is 3.75. The molecular weight excluding hydrogens is 356 g/mol. The summed E-state index contributed by atoms with van der Waals surface area (Å²) < 4.78 is 10.3. The second-order valence-electron chi connectivity index (χ2n) is 5.20. The Labute approximate surface area is 148 Å². The molecule has 0 bridgehead atoms. The SMILES string of the molecule is CSC(=S)[C@]1(O)[C@H](O)[C@@H](O)[C@@H](OC(=O)c2ccccc2)O[C@@H]1CO. The molecule has 1 aliphatic rings. The standard InChI is InChI=1S/C15H18O7S2/c1-24-14(23)15(20)9(7-16)21-13(10(17)11(15)18)22-12(19)8-5-3-2-4-6-8/h2-6,9-11,13,16-18,20H,7H2,1H3/t9-,10-,11-,13-,15-/m1/s1. The number of benzene rings is 1. The van der Waals surface area contributed by atoms with Gasteiger partial charge in [-0.2, -0.15) is 0 Å². The van der Waals surface area contributed by atoms with Crippen LogP contribution in [0.3, 0.4) is 0 Å². The third-order valence-corrected chi connectivity index (χ3v) is 5.28. The zero-order chi connectivity index (χ0) is 17.9. The van der Waals surface area contributed by atoms with Gasteiger partial charge in [0.25, 0.3) is 0 Å². The van der Waals surface area contributed by atoms with Gasteiger partial charge in [0.2, 0.25) is 6.29 Å². The highest BCUT2D eigenvalue weighted by Gasteiger charge is 2.58. The number of aliphatic hydroxyl groups excluding tert-OH is 3. The molecule has 132 valence electrons. The van der Waals surface area contributed by atoms with Crippen molar-refractivity contribution in [1.82, 2.24) is 0 Å². The van der Waals surface area contributed by atoms with Crippen molar-refractivity contribution in [2.24, 2.45) is 0 Å². The van der Waals surface area contributed by atoms with E-state index in [-0.39, 0.29) is 9.76 Å². The maximum absolute atomic E-state index is 12.1. The van der Waals surface area contributed by atoms with E-state index in [9.17, 15) is 25.2 Å². The molecule has 2 rings (SSSR count). The number of carbonyl (C=O) groups excluding carboxylic acids is 1. The summed E-state index contributed by atoms with van der Waals surface area (Å²) in [6.07, 6.45) is -4.87. The number of esters is 1. The topological polar surface area (TPSA) is 116 Å². The summed E-state index contributed by atoms with van der Waals surface area (Å²) in [7, 11) is 0. The van der Waals surface area contributed by atoms with Gasteiger partial charge >= 0.3 is 5.97 Å². The van der Waals surface area contributed by atoms with Gasteiger partial charge in [0.05, 0.1) is 16.4 Å². The van der Waals surface area contributed by atoms with E-state index in [0.29, 0.717) is 0 Å². The maximum Gasteiger partial charge on any atom is 0.340 e. The van der Waals surface area contributed by atoms with Gasteiger partial charge in [-0.25, -0.2) is 4.79 Å². The van der Waals surface area contributed by atoms with Gasteiger partial charge in [-0.05, 0) is 18.4 Å². The van der Waals surface area contributed by atoms with Crippen LogP contribution in [0.25, 0.3) is 0 Å². The summed E-state index contributed by atoms with van der Waals surface area (Å²) in [6.45, 7) is -0.694. The van der Waals surface area contributed by atoms with Gasteiger partial charge < -0.3 is 29.9 Å². The van der Waals surface area contributed by atoms with Crippen LogP contribution in [0.1, 0.15) is 10.4 Å². The van der Waals surface area contributed by atoms with Crippen molar-refractivity contribution in [3.05, 3.63) is 35.9 Å². The first-order valence-electron chi connectivity index (χ1n) is 7.05. The monoisotopic (exact) mass is 374 g/mol. The Bertz CT molecular complexity index is 593. The van der Waals surface area contributed by atoms with E-state index in [4.69, 9.17) is 21.7 Å². The minimum Gasteiger partial charge on any atom is -0.429 e. The highest BCUT2D eigenvalue weighted by Crippen LogP contribution is 2.35. The van der Waals surface area contributed by atoms with Crippen LogP contribution in [0.2, 0.25) is 0 Å². The van der Waals surface area contributed by atoms with E-state index in [1.807, 2.05) is 0 Å². The quantitative estimate of drug-likeness (QED) is 0.416. The van der Waals surface area contributed by atoms with Gasteiger partial charge in [-0.1, -0.05) is 30.4 Å². The molecule has 5 atom stereocenters. The number of ether oxygens (including phenoxy) is 2. The smallest absolute Gasteiger partial charge is 0.340 e. The fraction of sp³-hybridized carbons (Fsp3) is 0.467. The first-order chi connectivity index (χ1) is 11.4. The molecule has 0 aliphatic carbocycles. The molecule has 1 fully saturated rings. The van der Waals surface area contributed by atoms with Crippen LogP contribution >= 0.6 is 24.0 Å². The summed E-state index contributed by atoms with van der Waals surface area (Å²) in [5.74, 6) is -0.776. The zero-order valence-electron chi connectivity index (χ0n) is 12.7. The molecule has 1 aromatic carbocycles. The lowest BCUT2D eigenvalue weighted by molar-refractivity contribution is -0.299. The lowest BCUT2D eigenvalue weighted by Gasteiger charge is -2.47. The summed E-state index contributed by atoms with van der Waals surface area (Å²) in [5.41, 5.74) is -1.93. The molecule has 0 spiro atoms. The molecule has 7 nitrogen and oxygen atoms in total. The number of thioether (sulfide) groups is 1. The molecule has 1 aliphatic heterocycles. The Morgan fingerprint density at radius 1 is 1.38 bits per heavy atom. The number of aliphatic hydroxyl groups is 4. The molecule has 4 N–H and O–H groups in total. The van der Waals surface area contributed by atoms with Crippen LogP contribution < -0.4 is 0 Å². The second kappa shape index (κ2) is 7.87. The Balaban J connectivity index is 2.20. The van der Waals surface area contributed by atoms with Crippen molar-refractivity contribution < 1.29 is 34.7 Å². The first kappa shape index (κ1) is 19.3. The van der Waals surface area contributed by atoms with Crippen molar-refractivity contribution in [2.75, 3.05) is 12.9 Å². The Morgan fingerprint density at radius 2 is 2.00 bits per heavy atom. The summed E-state index contributed by atoms with van der Waals surface area (Å²) in [6, 6.07) is 8.01. The molecule has 0 unspecified atom stereocenters. The zero-order valence-corrected chi connectivity index (χ0v) is 14.4. The van der Waals surface area contributed by atoms with Gasteiger partial charge in [0.1, 0.15) is 18.3 Å². The van der Waals surface area contributed by atoms with Crippen molar-refractivity contribution in [1.29, 1.82) is 0 Å². The predicted molar refractivity (Wildman–Crippen MR) is 90.7 cm³/mol. The van der Waals surface area contributed by atoms with E-state index in [1.165, 1.54) is 12.1 Å². The maximum atomic E-state index is 12.1. The molecule has 0 saturated carbocycles. The number of carbonyl (C=O) groups is 1. The first-order valence-corrected chi connectivity index (χ1v) is 8.68. The minimum absolute atomic E-state index is 0.0547. The Kier molecular flexibility index (Phi) is 6.32. The van der Waals surface area contributed by atoms with Crippen molar-refractivity contribution in [2.45, 2.75) is 30.2 Å². The average molecular weight is 374 g/mol. The van der Waals surface area contributed by atoms with Crippen LogP contribution in [-0.2, 0) is 9.47 Å². The fourth-order valence-electron chi connectivity index (χ4n) is 2.39. The van der Waals surface area contributed by atoms with E-state index in [1.54, 1.807) is 24.5 Å². The van der Waals surface area contributed by atoms with Crippen LogP contribution in [0.5, 0.6) is 0 Å². The minimum atomic E-state index is -2.15. The molecule has 1 saturated heterocycles. The highest BCUT2D eigenvalue weighted by atomic mass is 32.2. The van der Waals surface area contributed by atoms with Crippen molar-refractivity contribution in [3.63, 3.8) is 0 Å². The van der Waals surface area contributed by atoms with Crippen LogP contribution in [0.15, 0.2) is 30.3 Å². The second-order valence-corrected chi connectivity index (χ2v) is 6.68. The summed E-state index contributed by atoms with van der Waals surface area (Å²) in [5, 5.41) is 40.5. The Morgan fingerprint density at radius 3 is 2.54 bits per heavy atom. The molecule has 24 heavy (non-hydrogen) atoms. The number of hydrogen-bond donors (Lipinski definition) is 4. The number of rotatable bonds is 4. The largest absolute Gasteiger partial charge is 0.429 e. The molecular formula is C15H18O7S2. The van der Waals surface area contributed by atoms with E-state index in [2.05, 4.69) is 0 Å². The van der Waals surface area contributed by atoms with Crippen LogP contribution in [-0.4, -0.2) is 73.7 Å². The summed E-state index contributed by atoms with van der Waals surface area (Å²) in [4.78, 5) is 12.1. The molecule has 1 aromatic rings. The number of thiocarbonyl (C=S) groups is 1. The van der Waals surface area contributed by atoms with E-state index >= 15 is 0 Å². The molecule has 0 amide bonds. The van der Waals surface area contributed by atoms with E-state index in [0.717, 1.165) is 11.8 Å². The molecule has 1 heterocycles. The van der Waals surface area contributed by atoms with Crippen LogP contribution in [0.4, 0.5) is 0 Å². The van der Waals surface area contributed by atoms with Gasteiger partial charge in [-0.3, -0.25) is 0 Å². The van der Waals surface area contributed by atoms with Gasteiger partial charge in [-0.15, -0.1) is 11.8 Å². The normalized spacial score (nSPS) is 33.0. The summed E-state index contributed by atoms with van der Waals surface area (Å²) >= 11 is 5.99. The van der Waals surface area contributed by atoms with E-state index < -0.39 is 42.8 Å². The highest BCUT2D eigenvalue weighted by molar-refractivity contribution is 8.22. The lowest BCUT2D eigenvalue weighted by Crippen LogP contribution is -2.69.